The molecule has 1 N–H and O–H groups in total. The number of nitrogens with one attached hydrogen (secondary N) is 1. The van der Waals surface area contributed by atoms with E-state index in [2.05, 4.69) is 4.72 Å². The van der Waals surface area contributed by atoms with Crippen LogP contribution in [0.5, 0.6) is 0 Å². The first-order valence-corrected chi connectivity index (χ1v) is 13.4. The minimum atomic E-state index is -3.70. The van der Waals surface area contributed by atoms with Crippen molar-refractivity contribution in [2.24, 2.45) is 0 Å². The van der Waals surface area contributed by atoms with Crippen molar-refractivity contribution in [3.8, 4) is 0 Å². The van der Waals surface area contributed by atoms with Crippen molar-refractivity contribution in [3.63, 3.8) is 0 Å². The summed E-state index contributed by atoms with van der Waals surface area (Å²) in [6, 6.07) is 4.54. The Morgan fingerprint density at radius 3 is 2.23 bits per heavy atom. The largest absolute Gasteiger partial charge is 0.465 e. The number of aromatic nitrogens is 1. The van der Waals surface area contributed by atoms with Crippen molar-refractivity contribution >= 4 is 42.6 Å². The molecule has 30 heavy (non-hydrogen) atoms. The van der Waals surface area contributed by atoms with Crippen LogP contribution >= 0.6 is 0 Å². The number of rotatable bonds is 11. The average Bonchev–Trinajstić information content (AvgIpc) is 3.04. The van der Waals surface area contributed by atoms with Crippen LogP contribution < -0.4 is 4.72 Å². The van der Waals surface area contributed by atoms with E-state index in [1.807, 2.05) is 13.8 Å². The van der Waals surface area contributed by atoms with Gasteiger partial charge in [0.2, 0.25) is 20.0 Å². The van der Waals surface area contributed by atoms with Gasteiger partial charge < -0.3 is 4.74 Å². The summed E-state index contributed by atoms with van der Waals surface area (Å²) in [5.41, 5.74) is 1.08. The molecule has 1 aromatic carbocycles. The smallest absolute Gasteiger partial charge is 0.340 e. The molecule has 0 atom stereocenters. The van der Waals surface area contributed by atoms with Crippen LogP contribution in [0.3, 0.4) is 0 Å². The van der Waals surface area contributed by atoms with Crippen molar-refractivity contribution < 1.29 is 26.4 Å². The molecule has 0 aliphatic rings. The van der Waals surface area contributed by atoms with Gasteiger partial charge in [0, 0.05) is 16.8 Å². The van der Waals surface area contributed by atoms with Gasteiger partial charge in [-0.15, -0.1) is 0 Å². The zero-order valence-electron chi connectivity index (χ0n) is 17.9. The summed E-state index contributed by atoms with van der Waals surface area (Å²) in [6.07, 6.45) is 2.77. The first-order valence-electron chi connectivity index (χ1n) is 10.1. The number of ether oxygens (including phenoxy) is 1. The third-order valence-electron chi connectivity index (χ3n) is 4.82. The number of fused-ring (bicyclic) bond motifs is 1. The molecule has 0 saturated carbocycles. The molecule has 0 unspecified atom stereocenters. The minimum Gasteiger partial charge on any atom is -0.465 e. The monoisotopic (exact) mass is 458 g/mol. The van der Waals surface area contributed by atoms with E-state index in [1.54, 1.807) is 6.92 Å². The van der Waals surface area contributed by atoms with Gasteiger partial charge in [-0.3, -0.25) is 4.72 Å². The van der Waals surface area contributed by atoms with Crippen molar-refractivity contribution in [1.82, 2.24) is 3.97 Å². The van der Waals surface area contributed by atoms with Gasteiger partial charge in [0.25, 0.3) is 0 Å². The molecule has 0 aliphatic carbocycles. The van der Waals surface area contributed by atoms with E-state index >= 15 is 0 Å². The molecule has 2 rings (SSSR count). The van der Waals surface area contributed by atoms with Crippen molar-refractivity contribution in [1.29, 1.82) is 0 Å². The third kappa shape index (κ3) is 5.15. The fourth-order valence-corrected chi connectivity index (χ4v) is 6.44. The van der Waals surface area contributed by atoms with E-state index in [0.29, 0.717) is 42.3 Å². The van der Waals surface area contributed by atoms with E-state index in [-0.39, 0.29) is 22.8 Å². The summed E-state index contributed by atoms with van der Waals surface area (Å²) in [5.74, 6) is -0.725. The van der Waals surface area contributed by atoms with Crippen molar-refractivity contribution in [2.45, 2.75) is 52.9 Å². The number of benzene rings is 1. The molecule has 10 heteroatoms. The highest BCUT2D eigenvalue weighted by Gasteiger charge is 2.28. The molecule has 2 aromatic rings. The molecule has 0 bridgehead atoms. The van der Waals surface area contributed by atoms with Crippen LogP contribution in [0.25, 0.3) is 10.9 Å². The highest BCUT2D eigenvalue weighted by Crippen LogP contribution is 2.32. The summed E-state index contributed by atoms with van der Waals surface area (Å²) < 4.78 is 59.2. The summed E-state index contributed by atoms with van der Waals surface area (Å²) in [4.78, 5) is 12.5. The number of hydrogen-bond donors (Lipinski definition) is 1. The van der Waals surface area contributed by atoms with Crippen LogP contribution in [-0.2, 0) is 31.2 Å². The maximum absolute atomic E-state index is 13.0. The number of anilines is 1. The fraction of sp³-hybridized carbons (Fsp3) is 0.550. The van der Waals surface area contributed by atoms with E-state index < -0.39 is 26.0 Å². The lowest BCUT2D eigenvalue weighted by Crippen LogP contribution is -2.19. The Bertz CT molecular complexity index is 1120. The van der Waals surface area contributed by atoms with Gasteiger partial charge in [0.1, 0.15) is 0 Å². The second kappa shape index (κ2) is 9.82. The van der Waals surface area contributed by atoms with Gasteiger partial charge in [-0.05, 0) is 37.5 Å². The Kier molecular flexibility index (Phi) is 7.93. The van der Waals surface area contributed by atoms with Crippen LogP contribution in [0, 0.1) is 0 Å². The van der Waals surface area contributed by atoms with Crippen LogP contribution in [0.4, 0.5) is 5.69 Å². The number of methoxy groups -OCH3 is 1. The Morgan fingerprint density at radius 1 is 1.03 bits per heavy atom. The number of esters is 1. The number of unbranched alkanes of at least 4 members (excludes halogenated alkanes) is 2. The van der Waals surface area contributed by atoms with Gasteiger partial charge in [-0.1, -0.05) is 33.6 Å². The standard InChI is InChI=1S/C20H30N2O6S2/c1-5-8-12-29(24,25)21-15-10-11-18-16(14-15)19(20(23)28-4)17(7-3)22(18)30(26,27)13-9-6-2/h10-11,14,21H,5-9,12-13H2,1-4H3. The minimum absolute atomic E-state index is 0.0159. The Balaban J connectivity index is 2.71. The molecule has 1 aromatic heterocycles. The number of carbonyl (C=O) groups is 1. The maximum Gasteiger partial charge on any atom is 0.340 e. The molecule has 8 nitrogen and oxygen atoms in total. The first-order chi connectivity index (χ1) is 14.1. The summed E-state index contributed by atoms with van der Waals surface area (Å²) in [7, 11) is -6.02. The van der Waals surface area contributed by atoms with Crippen LogP contribution in [0.2, 0.25) is 0 Å². The zero-order valence-corrected chi connectivity index (χ0v) is 19.5. The number of nitrogens with zero attached hydrogens (tertiary/aromatic N) is 1. The van der Waals surface area contributed by atoms with Gasteiger partial charge in [-0.25, -0.2) is 25.6 Å². The zero-order chi connectivity index (χ0) is 22.5. The second-order valence-corrected chi connectivity index (χ2v) is 10.9. The molecule has 1 heterocycles. The molecule has 0 aliphatic heterocycles. The summed E-state index contributed by atoms with van der Waals surface area (Å²) >= 11 is 0. The van der Waals surface area contributed by atoms with Crippen molar-refractivity contribution in [2.75, 3.05) is 23.3 Å². The molecule has 0 spiro atoms. The van der Waals surface area contributed by atoms with E-state index in [9.17, 15) is 21.6 Å². The van der Waals surface area contributed by atoms with Crippen LogP contribution in [0.15, 0.2) is 18.2 Å². The molecule has 0 fully saturated rings. The maximum atomic E-state index is 13.0. The molecular formula is C20H30N2O6S2. The summed E-state index contributed by atoms with van der Waals surface area (Å²) in [5, 5.41) is 0.342. The molecular weight excluding hydrogens is 428 g/mol. The normalized spacial score (nSPS) is 12.3. The highest BCUT2D eigenvalue weighted by atomic mass is 32.2. The average molecular weight is 459 g/mol. The number of sulfonamides is 1. The molecule has 0 saturated heterocycles. The van der Waals surface area contributed by atoms with Crippen molar-refractivity contribution in [3.05, 3.63) is 29.5 Å². The van der Waals surface area contributed by atoms with Gasteiger partial charge in [0.05, 0.1) is 29.7 Å². The van der Waals surface area contributed by atoms with Crippen LogP contribution in [0.1, 0.15) is 62.5 Å². The Hall–Kier alpha value is -2.07. The lowest BCUT2D eigenvalue weighted by atomic mass is 10.1. The van der Waals surface area contributed by atoms with E-state index in [0.717, 1.165) is 6.42 Å². The Labute approximate surface area is 178 Å². The number of hydrogen-bond acceptors (Lipinski definition) is 6. The van der Waals surface area contributed by atoms with E-state index in [4.69, 9.17) is 4.74 Å². The van der Waals surface area contributed by atoms with Gasteiger partial charge in [-0.2, -0.15) is 0 Å². The third-order valence-corrected chi connectivity index (χ3v) is 7.97. The van der Waals surface area contributed by atoms with Gasteiger partial charge in [0.15, 0.2) is 0 Å². The molecule has 168 valence electrons. The second-order valence-electron chi connectivity index (χ2n) is 7.11. The van der Waals surface area contributed by atoms with Crippen LogP contribution in [-0.4, -0.2) is 45.4 Å². The van der Waals surface area contributed by atoms with E-state index in [1.165, 1.54) is 29.3 Å². The summed E-state index contributed by atoms with van der Waals surface area (Å²) in [6.45, 7) is 5.57. The first kappa shape index (κ1) is 24.2. The highest BCUT2D eigenvalue weighted by molar-refractivity contribution is 7.92. The molecule has 0 radical (unpaired) electrons. The quantitative estimate of drug-likeness (QED) is 0.516. The number of carbonyl (C=O) groups excluding carboxylic acids is 1. The predicted molar refractivity (Wildman–Crippen MR) is 119 cm³/mol. The Morgan fingerprint density at radius 2 is 1.67 bits per heavy atom. The topological polar surface area (TPSA) is 112 Å². The molecule has 0 amide bonds. The lowest BCUT2D eigenvalue weighted by molar-refractivity contribution is 0.0601. The SMILES string of the molecule is CCCCS(=O)(=O)Nc1ccc2c(c1)c(C(=O)OC)c(CC)n2S(=O)(=O)CCCC. The predicted octanol–water partition coefficient (Wildman–Crippen LogP) is 3.51. The van der Waals surface area contributed by atoms with Gasteiger partial charge >= 0.3 is 5.97 Å². The fourth-order valence-electron chi connectivity index (χ4n) is 3.33. The lowest BCUT2D eigenvalue weighted by Gasteiger charge is -2.11.